The lowest BCUT2D eigenvalue weighted by Gasteiger charge is -2.10. The minimum absolute atomic E-state index is 0.0613. The Morgan fingerprint density at radius 1 is 0.909 bits per heavy atom. The smallest absolute Gasteiger partial charge is 0.271 e. The van der Waals surface area contributed by atoms with E-state index in [1.54, 1.807) is 46.5 Å². The summed E-state index contributed by atoms with van der Waals surface area (Å²) >= 11 is 1.12. The Labute approximate surface area is 195 Å². The lowest BCUT2D eigenvalue weighted by molar-refractivity contribution is 0.0951. The Morgan fingerprint density at radius 3 is 2.42 bits per heavy atom. The number of nitrogens with zero attached hydrogens (tertiary/aromatic N) is 1. The van der Waals surface area contributed by atoms with Crippen LogP contribution >= 0.6 is 11.3 Å². The average Bonchev–Trinajstić information content (AvgIpc) is 3.36. The molecule has 2 heterocycles. The van der Waals surface area contributed by atoms with Gasteiger partial charge in [0.05, 0.1) is 6.54 Å². The standard InChI is InChI=1S/C24H21N3O4S2/c28-22-7-1-2-13-27(22)17-19-11-9-18(10-12-19)16-25-24(29)20-5-3-6-21(15-20)26-33(30,31)23-8-4-14-32-23/h1-15,26H,16-17H2,(H,25,29). The van der Waals surface area contributed by atoms with Gasteiger partial charge in [-0.3, -0.25) is 14.3 Å². The van der Waals surface area contributed by atoms with E-state index in [0.29, 0.717) is 24.3 Å². The van der Waals surface area contributed by atoms with Crippen LogP contribution in [0.15, 0.2) is 99.4 Å². The van der Waals surface area contributed by atoms with E-state index < -0.39 is 10.0 Å². The maximum absolute atomic E-state index is 12.6. The van der Waals surface area contributed by atoms with Crippen LogP contribution in [-0.4, -0.2) is 18.9 Å². The highest BCUT2D eigenvalue weighted by atomic mass is 32.2. The second-order valence-electron chi connectivity index (χ2n) is 7.28. The van der Waals surface area contributed by atoms with Crippen LogP contribution in [-0.2, 0) is 23.1 Å². The molecule has 0 saturated carbocycles. The van der Waals surface area contributed by atoms with Crippen LogP contribution in [0.3, 0.4) is 0 Å². The van der Waals surface area contributed by atoms with Crippen LogP contribution in [0.1, 0.15) is 21.5 Å². The minimum atomic E-state index is -3.68. The predicted octanol–water partition coefficient (Wildman–Crippen LogP) is 3.69. The molecular weight excluding hydrogens is 458 g/mol. The topological polar surface area (TPSA) is 97.3 Å². The zero-order chi connectivity index (χ0) is 23.3. The first-order chi connectivity index (χ1) is 15.9. The van der Waals surface area contributed by atoms with Crippen molar-refractivity contribution in [3.8, 4) is 0 Å². The number of aromatic nitrogens is 1. The van der Waals surface area contributed by atoms with Crippen molar-refractivity contribution in [1.82, 2.24) is 9.88 Å². The third-order valence-electron chi connectivity index (χ3n) is 4.86. The van der Waals surface area contributed by atoms with Gasteiger partial charge in [0, 0.05) is 30.1 Å². The van der Waals surface area contributed by atoms with Crippen molar-refractivity contribution in [2.75, 3.05) is 4.72 Å². The normalized spacial score (nSPS) is 11.2. The van der Waals surface area contributed by atoms with Crippen molar-refractivity contribution in [3.63, 3.8) is 0 Å². The number of carbonyl (C=O) groups excluding carboxylic acids is 1. The molecule has 33 heavy (non-hydrogen) atoms. The molecule has 9 heteroatoms. The Balaban J connectivity index is 1.36. The van der Waals surface area contributed by atoms with Gasteiger partial charge in [-0.15, -0.1) is 11.3 Å². The van der Waals surface area contributed by atoms with E-state index in [-0.39, 0.29) is 15.7 Å². The summed E-state index contributed by atoms with van der Waals surface area (Å²) in [7, 11) is -3.68. The molecule has 0 radical (unpaired) electrons. The van der Waals surface area contributed by atoms with Gasteiger partial charge in [-0.05, 0) is 46.8 Å². The molecule has 4 aromatic rings. The number of amides is 1. The molecule has 4 rings (SSSR count). The largest absolute Gasteiger partial charge is 0.348 e. The number of rotatable bonds is 8. The van der Waals surface area contributed by atoms with Gasteiger partial charge in [-0.25, -0.2) is 8.42 Å². The first-order valence-electron chi connectivity index (χ1n) is 10.1. The fraction of sp³-hybridized carbons (Fsp3) is 0.0833. The Kier molecular flexibility index (Phi) is 6.71. The minimum Gasteiger partial charge on any atom is -0.348 e. The maximum atomic E-state index is 12.6. The van der Waals surface area contributed by atoms with Crippen LogP contribution in [0.2, 0.25) is 0 Å². The van der Waals surface area contributed by atoms with Crippen LogP contribution in [0.4, 0.5) is 5.69 Å². The van der Waals surface area contributed by atoms with Gasteiger partial charge in [0.1, 0.15) is 4.21 Å². The quantitative estimate of drug-likeness (QED) is 0.403. The molecule has 2 aromatic carbocycles. The second kappa shape index (κ2) is 9.85. The fourth-order valence-electron chi connectivity index (χ4n) is 3.18. The fourth-order valence-corrected chi connectivity index (χ4v) is 5.22. The SMILES string of the molecule is O=C(NCc1ccc(Cn2ccccc2=O)cc1)c1cccc(NS(=O)(=O)c2cccs2)c1. The summed E-state index contributed by atoms with van der Waals surface area (Å²) in [6.45, 7) is 0.788. The van der Waals surface area contributed by atoms with Crippen LogP contribution in [0.25, 0.3) is 0 Å². The number of thiophene rings is 1. The van der Waals surface area contributed by atoms with Crippen molar-refractivity contribution in [2.45, 2.75) is 17.3 Å². The number of sulfonamides is 1. The monoisotopic (exact) mass is 479 g/mol. The van der Waals surface area contributed by atoms with E-state index in [9.17, 15) is 18.0 Å². The van der Waals surface area contributed by atoms with Gasteiger partial charge in [-0.2, -0.15) is 0 Å². The highest BCUT2D eigenvalue weighted by molar-refractivity contribution is 7.94. The maximum Gasteiger partial charge on any atom is 0.271 e. The van der Waals surface area contributed by atoms with Crippen LogP contribution < -0.4 is 15.6 Å². The van der Waals surface area contributed by atoms with Gasteiger partial charge in [-0.1, -0.05) is 42.5 Å². The Hall–Kier alpha value is -3.69. The molecular formula is C24H21N3O4S2. The van der Waals surface area contributed by atoms with Crippen molar-refractivity contribution in [1.29, 1.82) is 0 Å². The zero-order valence-corrected chi connectivity index (χ0v) is 19.1. The molecule has 0 aliphatic carbocycles. The van der Waals surface area contributed by atoms with E-state index >= 15 is 0 Å². The lowest BCUT2D eigenvalue weighted by Crippen LogP contribution is -2.23. The van der Waals surface area contributed by atoms with Gasteiger partial charge in [0.15, 0.2) is 0 Å². The van der Waals surface area contributed by atoms with E-state index in [2.05, 4.69) is 10.0 Å². The van der Waals surface area contributed by atoms with Crippen LogP contribution in [0, 0.1) is 0 Å². The average molecular weight is 480 g/mol. The van der Waals surface area contributed by atoms with Crippen molar-refractivity contribution in [2.24, 2.45) is 0 Å². The molecule has 0 atom stereocenters. The highest BCUT2D eigenvalue weighted by Gasteiger charge is 2.16. The molecule has 0 aliphatic rings. The molecule has 168 valence electrons. The lowest BCUT2D eigenvalue weighted by atomic mass is 10.1. The molecule has 2 aromatic heterocycles. The number of hydrogen-bond acceptors (Lipinski definition) is 5. The second-order valence-corrected chi connectivity index (χ2v) is 10.1. The molecule has 2 N–H and O–H groups in total. The number of pyridine rings is 1. The first kappa shape index (κ1) is 22.5. The summed E-state index contributed by atoms with van der Waals surface area (Å²) in [5.74, 6) is -0.313. The first-order valence-corrected chi connectivity index (χ1v) is 12.4. The highest BCUT2D eigenvalue weighted by Crippen LogP contribution is 2.21. The Bertz CT molecular complexity index is 1410. The van der Waals surface area contributed by atoms with E-state index in [1.807, 2.05) is 30.3 Å². The van der Waals surface area contributed by atoms with Crippen molar-refractivity contribution < 1.29 is 13.2 Å². The van der Waals surface area contributed by atoms with Crippen molar-refractivity contribution >= 4 is 33.0 Å². The van der Waals surface area contributed by atoms with Gasteiger partial charge in [0.25, 0.3) is 21.5 Å². The summed E-state index contributed by atoms with van der Waals surface area (Å²) in [5, 5.41) is 4.53. The summed E-state index contributed by atoms with van der Waals surface area (Å²) in [4.78, 5) is 24.4. The number of nitrogens with one attached hydrogen (secondary N) is 2. The van der Waals surface area contributed by atoms with Crippen molar-refractivity contribution in [3.05, 3.63) is 117 Å². The zero-order valence-electron chi connectivity index (χ0n) is 17.5. The Morgan fingerprint density at radius 2 is 1.70 bits per heavy atom. The molecule has 7 nitrogen and oxygen atoms in total. The molecule has 0 bridgehead atoms. The third-order valence-corrected chi connectivity index (χ3v) is 7.64. The van der Waals surface area contributed by atoms with Gasteiger partial charge >= 0.3 is 0 Å². The summed E-state index contributed by atoms with van der Waals surface area (Å²) in [6.07, 6.45) is 1.74. The molecule has 0 unspecified atom stereocenters. The molecule has 0 saturated heterocycles. The third kappa shape index (κ3) is 5.76. The predicted molar refractivity (Wildman–Crippen MR) is 129 cm³/mol. The molecule has 0 fully saturated rings. The number of hydrogen-bond donors (Lipinski definition) is 2. The van der Waals surface area contributed by atoms with E-state index in [0.717, 1.165) is 22.5 Å². The number of anilines is 1. The molecule has 0 aliphatic heterocycles. The van der Waals surface area contributed by atoms with Gasteiger partial charge < -0.3 is 9.88 Å². The van der Waals surface area contributed by atoms with E-state index in [4.69, 9.17) is 0 Å². The summed E-state index contributed by atoms with van der Waals surface area (Å²) in [6, 6.07) is 22.2. The molecule has 1 amide bonds. The number of carbonyl (C=O) groups is 1. The molecule has 0 spiro atoms. The summed E-state index contributed by atoms with van der Waals surface area (Å²) < 4.78 is 29.1. The number of benzene rings is 2. The van der Waals surface area contributed by atoms with E-state index in [1.165, 1.54) is 18.2 Å². The van der Waals surface area contributed by atoms with Crippen LogP contribution in [0.5, 0.6) is 0 Å². The van der Waals surface area contributed by atoms with Gasteiger partial charge in [0.2, 0.25) is 0 Å². The summed E-state index contributed by atoms with van der Waals surface area (Å²) in [5.41, 5.74) is 2.48.